The lowest BCUT2D eigenvalue weighted by molar-refractivity contribution is -0.185. The van der Waals surface area contributed by atoms with Crippen molar-refractivity contribution in [2.24, 2.45) is 11.8 Å². The quantitative estimate of drug-likeness (QED) is 0.536. The summed E-state index contributed by atoms with van der Waals surface area (Å²) in [5.41, 5.74) is 1.13. The first-order valence-corrected chi connectivity index (χ1v) is 9.78. The lowest BCUT2D eigenvalue weighted by Gasteiger charge is -2.29. The van der Waals surface area contributed by atoms with Crippen LogP contribution < -0.4 is 14.8 Å². The highest BCUT2D eigenvalue weighted by atomic mass is 19.4. The molecule has 168 valence electrons. The number of halogens is 5. The molecule has 1 amide bonds. The smallest absolute Gasteiger partial charge is 0.391 e. The molecule has 0 aliphatic heterocycles. The van der Waals surface area contributed by atoms with E-state index in [9.17, 15) is 26.7 Å². The lowest BCUT2D eigenvalue weighted by atomic mass is 9.80. The highest BCUT2D eigenvalue weighted by Gasteiger charge is 2.43. The van der Waals surface area contributed by atoms with Gasteiger partial charge in [0.05, 0.1) is 13.0 Å². The number of amides is 1. The molecule has 4 nitrogen and oxygen atoms in total. The van der Waals surface area contributed by atoms with Gasteiger partial charge >= 0.3 is 12.8 Å². The van der Waals surface area contributed by atoms with Gasteiger partial charge in [0.15, 0.2) is 0 Å². The maximum Gasteiger partial charge on any atom is 0.391 e. The highest BCUT2D eigenvalue weighted by molar-refractivity contribution is 5.93. The summed E-state index contributed by atoms with van der Waals surface area (Å²) < 4.78 is 74.4. The van der Waals surface area contributed by atoms with Crippen LogP contribution in [0.3, 0.4) is 0 Å². The van der Waals surface area contributed by atoms with Gasteiger partial charge in [-0.25, -0.2) is 0 Å². The van der Waals surface area contributed by atoms with E-state index in [1.165, 1.54) is 25.3 Å². The van der Waals surface area contributed by atoms with Crippen molar-refractivity contribution in [2.45, 2.75) is 38.5 Å². The molecule has 2 aromatic carbocycles. The number of nitrogens with one attached hydrogen (secondary N) is 1. The van der Waals surface area contributed by atoms with Crippen molar-refractivity contribution in [1.29, 1.82) is 0 Å². The van der Waals surface area contributed by atoms with Crippen LogP contribution in [0.5, 0.6) is 11.5 Å². The molecular weight excluding hydrogens is 421 g/mol. The zero-order valence-electron chi connectivity index (χ0n) is 16.7. The summed E-state index contributed by atoms with van der Waals surface area (Å²) in [4.78, 5) is 12.6. The Morgan fingerprint density at radius 2 is 1.81 bits per heavy atom. The number of carbonyl (C=O) groups is 1. The number of hydrogen-bond donors (Lipinski definition) is 1. The lowest BCUT2D eigenvalue weighted by Crippen LogP contribution is -2.34. The minimum absolute atomic E-state index is 0.0224. The van der Waals surface area contributed by atoms with Gasteiger partial charge < -0.3 is 14.8 Å². The Balaban J connectivity index is 1.82. The van der Waals surface area contributed by atoms with E-state index < -0.39 is 30.5 Å². The Labute approximate surface area is 176 Å². The van der Waals surface area contributed by atoms with E-state index in [2.05, 4.69) is 10.1 Å². The van der Waals surface area contributed by atoms with Crippen LogP contribution in [-0.4, -0.2) is 25.8 Å². The Morgan fingerprint density at radius 3 is 2.42 bits per heavy atom. The average molecular weight is 443 g/mol. The van der Waals surface area contributed by atoms with Gasteiger partial charge in [0.1, 0.15) is 11.5 Å². The average Bonchev–Trinajstić information content (AvgIpc) is 2.74. The number of ether oxygens (including phenoxy) is 2. The first kappa shape index (κ1) is 22.8. The molecular formula is C22H22F5NO3. The largest absolute Gasteiger partial charge is 0.497 e. The fourth-order valence-electron chi connectivity index (χ4n) is 3.77. The number of carbonyl (C=O) groups excluding carboxylic acids is 1. The van der Waals surface area contributed by atoms with Crippen LogP contribution >= 0.6 is 0 Å². The van der Waals surface area contributed by atoms with Crippen molar-refractivity contribution >= 4 is 11.6 Å². The van der Waals surface area contributed by atoms with Crippen LogP contribution in [0.15, 0.2) is 42.5 Å². The standard InChI is InChI=1S/C22H22F5NO3/c1-30-17-8-5-13(6-9-17)18-12-16(7-10-19(18)31-21(23)24)28-20(29)14-3-2-4-15(11-14)22(25,26)27/h5-10,12,14-15,21H,2-4,11H2,1H3,(H,28,29). The van der Waals surface area contributed by atoms with E-state index in [0.29, 0.717) is 29.7 Å². The molecule has 2 unspecified atom stereocenters. The molecule has 0 saturated heterocycles. The fraction of sp³-hybridized carbons (Fsp3) is 0.409. The molecule has 31 heavy (non-hydrogen) atoms. The maximum atomic E-state index is 13.0. The second-order valence-corrected chi connectivity index (χ2v) is 7.41. The molecule has 0 bridgehead atoms. The van der Waals surface area contributed by atoms with Gasteiger partial charge in [-0.3, -0.25) is 4.79 Å². The molecule has 1 aliphatic carbocycles. The van der Waals surface area contributed by atoms with Crippen LogP contribution in [0.2, 0.25) is 0 Å². The monoisotopic (exact) mass is 443 g/mol. The summed E-state index contributed by atoms with van der Waals surface area (Å²) in [6, 6.07) is 10.7. The first-order valence-electron chi connectivity index (χ1n) is 9.78. The predicted molar refractivity (Wildman–Crippen MR) is 105 cm³/mol. The topological polar surface area (TPSA) is 47.6 Å². The predicted octanol–water partition coefficient (Wildman–Crippen LogP) is 6.27. The minimum atomic E-state index is -4.32. The highest BCUT2D eigenvalue weighted by Crippen LogP contribution is 2.40. The molecule has 2 aromatic rings. The summed E-state index contributed by atoms with van der Waals surface area (Å²) in [5.74, 6) is -2.29. The van der Waals surface area contributed by atoms with E-state index in [4.69, 9.17) is 4.74 Å². The molecule has 0 heterocycles. The molecule has 0 radical (unpaired) electrons. The van der Waals surface area contributed by atoms with Crippen LogP contribution in [-0.2, 0) is 4.79 Å². The molecule has 3 rings (SSSR count). The van der Waals surface area contributed by atoms with Gasteiger partial charge in [0, 0.05) is 17.2 Å². The number of alkyl halides is 5. The molecule has 9 heteroatoms. The molecule has 1 fully saturated rings. The van der Waals surface area contributed by atoms with Crippen molar-refractivity contribution < 1.29 is 36.2 Å². The van der Waals surface area contributed by atoms with E-state index in [1.807, 2.05) is 0 Å². The van der Waals surface area contributed by atoms with Gasteiger partial charge in [-0.15, -0.1) is 0 Å². The SMILES string of the molecule is COc1ccc(-c2cc(NC(=O)C3CCCC(C(F)(F)F)C3)ccc2OC(F)F)cc1. The molecule has 0 spiro atoms. The second-order valence-electron chi connectivity index (χ2n) is 7.41. The Morgan fingerprint density at radius 1 is 1.10 bits per heavy atom. The Kier molecular flexibility index (Phi) is 7.02. The second kappa shape index (κ2) is 9.53. The fourth-order valence-corrected chi connectivity index (χ4v) is 3.77. The van der Waals surface area contributed by atoms with Crippen molar-refractivity contribution in [3.8, 4) is 22.6 Å². The van der Waals surface area contributed by atoms with Crippen molar-refractivity contribution in [1.82, 2.24) is 0 Å². The van der Waals surface area contributed by atoms with Crippen molar-refractivity contribution in [2.75, 3.05) is 12.4 Å². The third kappa shape index (κ3) is 5.86. The van der Waals surface area contributed by atoms with E-state index in [-0.39, 0.29) is 24.3 Å². The number of anilines is 1. The van der Waals surface area contributed by atoms with Crippen molar-refractivity contribution in [3.05, 3.63) is 42.5 Å². The van der Waals surface area contributed by atoms with Crippen molar-refractivity contribution in [3.63, 3.8) is 0 Å². The molecule has 1 N–H and O–H groups in total. The summed E-state index contributed by atoms with van der Waals surface area (Å²) in [6.07, 6.45) is -3.87. The van der Waals surface area contributed by atoms with Crippen LogP contribution in [0.25, 0.3) is 11.1 Å². The number of benzene rings is 2. The molecule has 1 saturated carbocycles. The van der Waals surface area contributed by atoms with Gasteiger partial charge in [-0.1, -0.05) is 18.6 Å². The summed E-state index contributed by atoms with van der Waals surface area (Å²) in [5, 5.41) is 2.62. The summed E-state index contributed by atoms with van der Waals surface area (Å²) in [7, 11) is 1.49. The van der Waals surface area contributed by atoms with Gasteiger partial charge in [-0.2, -0.15) is 22.0 Å². The molecule has 1 aliphatic rings. The van der Waals surface area contributed by atoms with E-state index >= 15 is 0 Å². The Hall–Kier alpha value is -2.84. The Bertz CT molecular complexity index is 899. The van der Waals surface area contributed by atoms with E-state index in [0.717, 1.165) is 0 Å². The molecule has 2 atom stereocenters. The van der Waals surface area contributed by atoms with E-state index in [1.54, 1.807) is 24.3 Å². The third-order valence-corrected chi connectivity index (χ3v) is 5.37. The number of methoxy groups -OCH3 is 1. The first-order chi connectivity index (χ1) is 14.7. The van der Waals surface area contributed by atoms with Gasteiger partial charge in [0.2, 0.25) is 5.91 Å². The summed E-state index contributed by atoms with van der Waals surface area (Å²) >= 11 is 0. The minimum Gasteiger partial charge on any atom is -0.497 e. The number of hydrogen-bond acceptors (Lipinski definition) is 3. The van der Waals surface area contributed by atoms with Crippen LogP contribution in [0.1, 0.15) is 25.7 Å². The van der Waals surface area contributed by atoms with Gasteiger partial charge in [-0.05, 0) is 55.2 Å². The molecule has 0 aromatic heterocycles. The zero-order chi connectivity index (χ0) is 22.6. The summed E-state index contributed by atoms with van der Waals surface area (Å²) in [6.45, 7) is -3.04. The third-order valence-electron chi connectivity index (χ3n) is 5.37. The maximum absolute atomic E-state index is 13.0. The van der Waals surface area contributed by atoms with Crippen LogP contribution in [0, 0.1) is 11.8 Å². The number of rotatable bonds is 6. The normalized spacial score (nSPS) is 19.2. The van der Waals surface area contributed by atoms with Crippen LogP contribution in [0.4, 0.5) is 27.6 Å². The zero-order valence-corrected chi connectivity index (χ0v) is 16.7. The van der Waals surface area contributed by atoms with Gasteiger partial charge in [0.25, 0.3) is 0 Å².